The number of hydrogen-bond acceptors (Lipinski definition) is 1. The SMILES string of the molecule is O=C(CBr)Nc1ccccc1Cc1ccccc1. The molecule has 0 aliphatic heterocycles. The molecule has 1 amide bonds. The summed E-state index contributed by atoms with van der Waals surface area (Å²) >= 11 is 3.15. The molecule has 0 saturated carbocycles. The Morgan fingerprint density at radius 3 is 2.39 bits per heavy atom. The summed E-state index contributed by atoms with van der Waals surface area (Å²) in [6.07, 6.45) is 0.819. The number of carbonyl (C=O) groups is 1. The van der Waals surface area contributed by atoms with Crippen molar-refractivity contribution in [1.82, 2.24) is 0 Å². The third-order valence-electron chi connectivity index (χ3n) is 2.65. The van der Waals surface area contributed by atoms with E-state index in [0.29, 0.717) is 5.33 Å². The van der Waals surface area contributed by atoms with Gasteiger partial charge in [0.1, 0.15) is 0 Å². The number of hydrogen-bond donors (Lipinski definition) is 1. The summed E-state index contributed by atoms with van der Waals surface area (Å²) in [4.78, 5) is 11.4. The molecule has 18 heavy (non-hydrogen) atoms. The van der Waals surface area contributed by atoms with E-state index in [1.54, 1.807) is 0 Å². The van der Waals surface area contributed by atoms with Crippen molar-refractivity contribution in [2.24, 2.45) is 0 Å². The highest BCUT2D eigenvalue weighted by molar-refractivity contribution is 9.09. The van der Waals surface area contributed by atoms with Gasteiger partial charge in [0, 0.05) is 5.69 Å². The van der Waals surface area contributed by atoms with E-state index in [-0.39, 0.29) is 5.91 Å². The lowest BCUT2D eigenvalue weighted by atomic mass is 10.0. The van der Waals surface area contributed by atoms with E-state index in [4.69, 9.17) is 0 Å². The predicted molar refractivity (Wildman–Crippen MR) is 78.1 cm³/mol. The van der Waals surface area contributed by atoms with Crippen LogP contribution in [0, 0.1) is 0 Å². The maximum atomic E-state index is 11.4. The summed E-state index contributed by atoms with van der Waals surface area (Å²) in [5.74, 6) is -0.0319. The summed E-state index contributed by atoms with van der Waals surface area (Å²) in [7, 11) is 0. The van der Waals surface area contributed by atoms with Gasteiger partial charge in [-0.25, -0.2) is 0 Å². The molecule has 0 aliphatic rings. The van der Waals surface area contributed by atoms with Crippen molar-refractivity contribution < 1.29 is 4.79 Å². The van der Waals surface area contributed by atoms with E-state index < -0.39 is 0 Å². The minimum absolute atomic E-state index is 0.0319. The molecule has 0 spiro atoms. The topological polar surface area (TPSA) is 29.1 Å². The number of benzene rings is 2. The molecule has 0 saturated heterocycles. The molecular weight excluding hydrogens is 290 g/mol. The van der Waals surface area contributed by atoms with E-state index in [1.807, 2.05) is 42.5 Å². The van der Waals surface area contributed by atoms with Crippen LogP contribution in [0.25, 0.3) is 0 Å². The number of halogens is 1. The zero-order valence-corrected chi connectivity index (χ0v) is 11.5. The first-order chi connectivity index (χ1) is 8.79. The second-order valence-corrected chi connectivity index (χ2v) is 4.56. The monoisotopic (exact) mass is 303 g/mol. The average Bonchev–Trinajstić information content (AvgIpc) is 2.42. The Labute approximate surface area is 115 Å². The van der Waals surface area contributed by atoms with Crippen molar-refractivity contribution in [1.29, 1.82) is 0 Å². The first kappa shape index (κ1) is 12.8. The molecule has 2 aromatic carbocycles. The summed E-state index contributed by atoms with van der Waals surface area (Å²) in [6.45, 7) is 0. The lowest BCUT2D eigenvalue weighted by molar-refractivity contribution is -0.113. The fourth-order valence-electron chi connectivity index (χ4n) is 1.80. The highest BCUT2D eigenvalue weighted by atomic mass is 79.9. The van der Waals surface area contributed by atoms with Crippen LogP contribution < -0.4 is 5.32 Å². The second-order valence-electron chi connectivity index (χ2n) is 4.00. The number of rotatable bonds is 4. The lowest BCUT2D eigenvalue weighted by Gasteiger charge is -2.10. The van der Waals surface area contributed by atoms with Gasteiger partial charge in [-0.2, -0.15) is 0 Å². The van der Waals surface area contributed by atoms with E-state index in [2.05, 4.69) is 33.4 Å². The van der Waals surface area contributed by atoms with Gasteiger partial charge < -0.3 is 5.32 Å². The third-order valence-corrected chi connectivity index (χ3v) is 3.16. The minimum atomic E-state index is -0.0319. The standard InChI is InChI=1S/C15H14BrNO/c16-11-15(18)17-14-9-5-4-8-13(14)10-12-6-2-1-3-7-12/h1-9H,10-11H2,(H,17,18). The summed E-state index contributed by atoms with van der Waals surface area (Å²) in [6, 6.07) is 18.1. The van der Waals surface area contributed by atoms with Gasteiger partial charge in [0.05, 0.1) is 5.33 Å². The van der Waals surface area contributed by atoms with Gasteiger partial charge in [0.25, 0.3) is 0 Å². The molecule has 1 N–H and O–H groups in total. The maximum Gasteiger partial charge on any atom is 0.235 e. The fourth-order valence-corrected chi connectivity index (χ4v) is 1.94. The van der Waals surface area contributed by atoms with Crippen LogP contribution in [0.5, 0.6) is 0 Å². The molecule has 2 rings (SSSR count). The van der Waals surface area contributed by atoms with Gasteiger partial charge >= 0.3 is 0 Å². The molecule has 2 nitrogen and oxygen atoms in total. The number of alkyl halides is 1. The van der Waals surface area contributed by atoms with E-state index >= 15 is 0 Å². The largest absolute Gasteiger partial charge is 0.325 e. The molecule has 0 aromatic heterocycles. The van der Waals surface area contributed by atoms with Gasteiger partial charge in [0.15, 0.2) is 0 Å². The Balaban J connectivity index is 2.20. The Morgan fingerprint density at radius 1 is 1.00 bits per heavy atom. The molecule has 0 heterocycles. The van der Waals surface area contributed by atoms with Crippen LogP contribution in [0.4, 0.5) is 5.69 Å². The van der Waals surface area contributed by atoms with Crippen LogP contribution in [-0.2, 0) is 11.2 Å². The van der Waals surface area contributed by atoms with Crippen molar-refractivity contribution >= 4 is 27.5 Å². The van der Waals surface area contributed by atoms with Crippen molar-refractivity contribution in [3.8, 4) is 0 Å². The molecule has 0 radical (unpaired) electrons. The molecule has 0 fully saturated rings. The van der Waals surface area contributed by atoms with Crippen LogP contribution in [0.2, 0.25) is 0 Å². The zero-order chi connectivity index (χ0) is 12.8. The highest BCUT2D eigenvalue weighted by Crippen LogP contribution is 2.19. The maximum absolute atomic E-state index is 11.4. The Bertz CT molecular complexity index is 525. The van der Waals surface area contributed by atoms with Gasteiger partial charge in [-0.05, 0) is 23.6 Å². The van der Waals surface area contributed by atoms with Crippen LogP contribution in [0.15, 0.2) is 54.6 Å². The van der Waals surface area contributed by atoms with E-state index in [1.165, 1.54) is 5.56 Å². The van der Waals surface area contributed by atoms with Gasteiger partial charge in [-0.1, -0.05) is 64.5 Å². The third kappa shape index (κ3) is 3.44. The van der Waals surface area contributed by atoms with Gasteiger partial charge in [0.2, 0.25) is 5.91 Å². The molecule has 0 aliphatic carbocycles. The highest BCUT2D eigenvalue weighted by Gasteiger charge is 2.05. The predicted octanol–water partition coefficient (Wildman–Crippen LogP) is 3.61. The minimum Gasteiger partial charge on any atom is -0.325 e. The van der Waals surface area contributed by atoms with Crippen molar-refractivity contribution in [3.05, 3.63) is 65.7 Å². The lowest BCUT2D eigenvalue weighted by Crippen LogP contribution is -2.13. The van der Waals surface area contributed by atoms with Crippen LogP contribution in [-0.4, -0.2) is 11.2 Å². The fraction of sp³-hybridized carbons (Fsp3) is 0.133. The van der Waals surface area contributed by atoms with Gasteiger partial charge in [-0.15, -0.1) is 0 Å². The first-order valence-corrected chi connectivity index (χ1v) is 6.89. The van der Waals surface area contributed by atoms with Crippen LogP contribution >= 0.6 is 15.9 Å². The normalized spacial score (nSPS) is 10.1. The molecule has 0 bridgehead atoms. The Kier molecular flexibility index (Phi) is 4.53. The van der Waals surface area contributed by atoms with E-state index in [9.17, 15) is 4.79 Å². The molecule has 2 aromatic rings. The Hall–Kier alpha value is -1.61. The molecule has 3 heteroatoms. The summed E-state index contributed by atoms with van der Waals surface area (Å²) < 4.78 is 0. The number of anilines is 1. The van der Waals surface area contributed by atoms with Crippen LogP contribution in [0.3, 0.4) is 0 Å². The second kappa shape index (κ2) is 6.36. The number of carbonyl (C=O) groups excluding carboxylic acids is 1. The molecule has 0 unspecified atom stereocenters. The van der Waals surface area contributed by atoms with Crippen molar-refractivity contribution in [2.45, 2.75) is 6.42 Å². The van der Waals surface area contributed by atoms with Gasteiger partial charge in [-0.3, -0.25) is 4.79 Å². The number of nitrogens with one attached hydrogen (secondary N) is 1. The molecule has 92 valence electrons. The zero-order valence-electron chi connectivity index (χ0n) is 9.90. The van der Waals surface area contributed by atoms with Crippen molar-refractivity contribution in [2.75, 3.05) is 10.6 Å². The van der Waals surface area contributed by atoms with Crippen LogP contribution in [0.1, 0.15) is 11.1 Å². The summed E-state index contributed by atoms with van der Waals surface area (Å²) in [5, 5.41) is 3.21. The smallest absolute Gasteiger partial charge is 0.235 e. The molecular formula is C15H14BrNO. The van der Waals surface area contributed by atoms with E-state index in [0.717, 1.165) is 17.7 Å². The quantitative estimate of drug-likeness (QED) is 0.859. The first-order valence-electron chi connectivity index (χ1n) is 5.77. The summed E-state index contributed by atoms with van der Waals surface area (Å²) in [5.41, 5.74) is 3.24. The average molecular weight is 304 g/mol. The van der Waals surface area contributed by atoms with Crippen molar-refractivity contribution in [3.63, 3.8) is 0 Å². The number of amides is 1. The Morgan fingerprint density at radius 2 is 1.67 bits per heavy atom. The molecule has 0 atom stereocenters. The number of para-hydroxylation sites is 1.